The Morgan fingerprint density at radius 2 is 1.85 bits per heavy atom. The number of benzene rings is 1. The number of nitrogens with one attached hydrogen (secondary N) is 2. The van der Waals surface area contributed by atoms with Crippen LogP contribution in [-0.4, -0.2) is 25.5 Å². The van der Waals surface area contributed by atoms with Gasteiger partial charge in [-0.3, -0.25) is 9.59 Å². The second-order valence-electron chi connectivity index (χ2n) is 7.23. The standard InChI is InChI=1S/C21H30N2O3/c1-21(2,19(24)22-14-13-16-9-5-4-6-10-16)20(25)23-15-17-11-7-8-12-18(17)26-3/h7-9,11-12H,4-6,10,13-15H2,1-3H3,(H,22,24)(H,23,25). The van der Waals surface area contributed by atoms with Gasteiger partial charge in [0.1, 0.15) is 11.2 Å². The number of methoxy groups -OCH3 is 1. The zero-order valence-corrected chi connectivity index (χ0v) is 16.1. The molecule has 1 aromatic carbocycles. The predicted molar refractivity (Wildman–Crippen MR) is 103 cm³/mol. The molecule has 0 radical (unpaired) electrons. The molecule has 0 saturated heterocycles. The van der Waals surface area contributed by atoms with Gasteiger partial charge in [-0.2, -0.15) is 0 Å². The molecule has 0 fully saturated rings. The second kappa shape index (κ2) is 9.41. The Bertz CT molecular complexity index is 665. The number of amides is 2. The van der Waals surface area contributed by atoms with Crippen LogP contribution in [0.5, 0.6) is 5.75 Å². The Labute approximate surface area is 156 Å². The van der Waals surface area contributed by atoms with Crippen molar-refractivity contribution < 1.29 is 14.3 Å². The van der Waals surface area contributed by atoms with Crippen molar-refractivity contribution in [2.75, 3.05) is 13.7 Å². The van der Waals surface area contributed by atoms with Gasteiger partial charge in [-0.05, 0) is 52.0 Å². The van der Waals surface area contributed by atoms with Crippen LogP contribution in [0.2, 0.25) is 0 Å². The summed E-state index contributed by atoms with van der Waals surface area (Å²) in [5.74, 6) is 0.181. The van der Waals surface area contributed by atoms with Gasteiger partial charge < -0.3 is 15.4 Å². The van der Waals surface area contributed by atoms with Crippen LogP contribution < -0.4 is 15.4 Å². The summed E-state index contributed by atoms with van der Waals surface area (Å²) in [6.45, 7) is 4.21. The Hall–Kier alpha value is -2.30. The Kier molecular flexibility index (Phi) is 7.25. The largest absolute Gasteiger partial charge is 0.496 e. The summed E-state index contributed by atoms with van der Waals surface area (Å²) in [5.41, 5.74) is 1.17. The summed E-state index contributed by atoms with van der Waals surface area (Å²) < 4.78 is 5.29. The van der Waals surface area contributed by atoms with Gasteiger partial charge in [-0.15, -0.1) is 0 Å². The summed E-state index contributed by atoms with van der Waals surface area (Å²) in [6, 6.07) is 7.51. The summed E-state index contributed by atoms with van der Waals surface area (Å²) in [4.78, 5) is 25.0. The molecular weight excluding hydrogens is 328 g/mol. The summed E-state index contributed by atoms with van der Waals surface area (Å²) in [6.07, 6.45) is 7.90. The van der Waals surface area contributed by atoms with Crippen LogP contribution in [0.4, 0.5) is 0 Å². The van der Waals surface area contributed by atoms with Crippen molar-refractivity contribution in [3.05, 3.63) is 41.5 Å². The molecule has 2 amide bonds. The van der Waals surface area contributed by atoms with Crippen molar-refractivity contribution >= 4 is 11.8 Å². The highest BCUT2D eigenvalue weighted by atomic mass is 16.5. The molecule has 2 N–H and O–H groups in total. The number of rotatable bonds is 8. The molecular formula is C21H30N2O3. The van der Waals surface area contributed by atoms with Gasteiger partial charge in [0.2, 0.25) is 11.8 Å². The first-order valence-corrected chi connectivity index (χ1v) is 9.31. The van der Waals surface area contributed by atoms with Gasteiger partial charge in [-0.25, -0.2) is 0 Å². The third-order valence-electron chi connectivity index (χ3n) is 4.88. The highest BCUT2D eigenvalue weighted by Crippen LogP contribution is 2.21. The van der Waals surface area contributed by atoms with E-state index in [0.717, 1.165) is 30.6 Å². The molecule has 0 saturated carbocycles. The molecule has 0 aromatic heterocycles. The van der Waals surface area contributed by atoms with E-state index in [9.17, 15) is 9.59 Å². The molecule has 1 aliphatic rings. The molecule has 0 bridgehead atoms. The zero-order valence-electron chi connectivity index (χ0n) is 16.1. The van der Waals surface area contributed by atoms with E-state index < -0.39 is 5.41 Å². The minimum Gasteiger partial charge on any atom is -0.496 e. The fraction of sp³-hybridized carbons (Fsp3) is 0.524. The SMILES string of the molecule is COc1ccccc1CNC(=O)C(C)(C)C(=O)NCCC1=CCCCC1. The van der Waals surface area contributed by atoms with Gasteiger partial charge in [0.05, 0.1) is 7.11 Å². The zero-order chi connectivity index (χ0) is 19.0. The topological polar surface area (TPSA) is 67.4 Å². The molecule has 0 unspecified atom stereocenters. The average Bonchev–Trinajstić information content (AvgIpc) is 2.66. The predicted octanol–water partition coefficient (Wildman–Crippen LogP) is 3.34. The van der Waals surface area contributed by atoms with Crippen LogP contribution in [0.25, 0.3) is 0 Å². The molecule has 2 rings (SSSR count). The van der Waals surface area contributed by atoms with Gasteiger partial charge in [-0.1, -0.05) is 29.8 Å². The number of carbonyl (C=O) groups is 2. The third-order valence-corrected chi connectivity index (χ3v) is 4.88. The van der Waals surface area contributed by atoms with Gasteiger partial charge in [0.15, 0.2) is 0 Å². The smallest absolute Gasteiger partial charge is 0.235 e. The van der Waals surface area contributed by atoms with E-state index in [0.29, 0.717) is 13.1 Å². The van der Waals surface area contributed by atoms with Crippen LogP contribution >= 0.6 is 0 Å². The molecule has 0 heterocycles. The quantitative estimate of drug-likeness (QED) is 0.553. The maximum Gasteiger partial charge on any atom is 0.235 e. The van der Waals surface area contributed by atoms with Crippen LogP contribution in [0.3, 0.4) is 0 Å². The molecule has 142 valence electrons. The first-order chi connectivity index (χ1) is 12.4. The minimum absolute atomic E-state index is 0.244. The summed E-state index contributed by atoms with van der Waals surface area (Å²) >= 11 is 0. The van der Waals surface area contributed by atoms with Gasteiger partial charge >= 0.3 is 0 Å². The molecule has 5 nitrogen and oxygen atoms in total. The molecule has 1 aliphatic carbocycles. The van der Waals surface area contributed by atoms with E-state index >= 15 is 0 Å². The van der Waals surface area contributed by atoms with Crippen molar-refractivity contribution in [1.29, 1.82) is 0 Å². The lowest BCUT2D eigenvalue weighted by Gasteiger charge is -2.23. The first kappa shape index (κ1) is 20.0. The van der Waals surface area contributed by atoms with E-state index in [1.54, 1.807) is 21.0 Å². The van der Waals surface area contributed by atoms with Crippen molar-refractivity contribution in [2.45, 2.75) is 52.5 Å². The summed E-state index contributed by atoms with van der Waals surface area (Å²) in [5, 5.41) is 5.75. The lowest BCUT2D eigenvalue weighted by Crippen LogP contribution is -2.47. The van der Waals surface area contributed by atoms with Crippen LogP contribution in [0, 0.1) is 5.41 Å². The Balaban J connectivity index is 1.83. The lowest BCUT2D eigenvalue weighted by molar-refractivity contribution is -0.141. The first-order valence-electron chi connectivity index (χ1n) is 9.31. The fourth-order valence-electron chi connectivity index (χ4n) is 3.04. The van der Waals surface area contributed by atoms with Gasteiger partial charge in [0, 0.05) is 18.7 Å². The number of hydrogen-bond donors (Lipinski definition) is 2. The third kappa shape index (κ3) is 5.35. The molecule has 26 heavy (non-hydrogen) atoms. The Morgan fingerprint density at radius 1 is 1.12 bits per heavy atom. The Morgan fingerprint density at radius 3 is 2.54 bits per heavy atom. The van der Waals surface area contributed by atoms with Crippen molar-refractivity contribution in [3.8, 4) is 5.75 Å². The summed E-state index contributed by atoms with van der Waals surface area (Å²) in [7, 11) is 1.60. The average molecular weight is 358 g/mol. The normalized spacial score (nSPS) is 14.3. The van der Waals surface area contributed by atoms with Crippen molar-refractivity contribution in [3.63, 3.8) is 0 Å². The van der Waals surface area contributed by atoms with E-state index in [-0.39, 0.29) is 11.8 Å². The molecule has 0 atom stereocenters. The second-order valence-corrected chi connectivity index (χ2v) is 7.23. The van der Waals surface area contributed by atoms with E-state index in [1.807, 2.05) is 24.3 Å². The molecule has 5 heteroatoms. The van der Waals surface area contributed by atoms with Crippen molar-refractivity contribution in [2.24, 2.45) is 5.41 Å². The van der Waals surface area contributed by atoms with Crippen molar-refractivity contribution in [1.82, 2.24) is 10.6 Å². The van der Waals surface area contributed by atoms with Crippen LogP contribution in [-0.2, 0) is 16.1 Å². The minimum atomic E-state index is -1.12. The van der Waals surface area contributed by atoms with E-state index in [2.05, 4.69) is 16.7 Å². The highest BCUT2D eigenvalue weighted by molar-refractivity contribution is 6.04. The number of carbonyl (C=O) groups excluding carboxylic acids is 2. The highest BCUT2D eigenvalue weighted by Gasteiger charge is 2.35. The monoisotopic (exact) mass is 358 g/mol. The van der Waals surface area contributed by atoms with Crippen LogP contribution in [0.15, 0.2) is 35.9 Å². The fourth-order valence-corrected chi connectivity index (χ4v) is 3.04. The maximum atomic E-state index is 12.5. The number of allylic oxidation sites excluding steroid dienone is 1. The maximum absolute atomic E-state index is 12.5. The molecule has 1 aromatic rings. The molecule has 0 spiro atoms. The lowest BCUT2D eigenvalue weighted by atomic mass is 9.90. The number of hydrogen-bond acceptors (Lipinski definition) is 3. The van der Waals surface area contributed by atoms with E-state index in [4.69, 9.17) is 4.74 Å². The van der Waals surface area contributed by atoms with Gasteiger partial charge in [0.25, 0.3) is 0 Å². The molecule has 0 aliphatic heterocycles. The van der Waals surface area contributed by atoms with E-state index in [1.165, 1.54) is 18.4 Å². The van der Waals surface area contributed by atoms with Crippen LogP contribution in [0.1, 0.15) is 51.5 Å². The number of para-hydroxylation sites is 1. The number of ether oxygens (including phenoxy) is 1.